The minimum atomic E-state index is 0. The molecule has 4 nitrogen and oxygen atoms in total. The van der Waals surface area contributed by atoms with Crippen molar-refractivity contribution in [1.29, 1.82) is 0 Å². The van der Waals surface area contributed by atoms with Crippen molar-refractivity contribution in [3.63, 3.8) is 0 Å². The quantitative estimate of drug-likeness (QED) is 0.372. The molecule has 35 heavy (non-hydrogen) atoms. The van der Waals surface area contributed by atoms with Crippen LogP contribution in [-0.4, -0.2) is 33.1 Å². The van der Waals surface area contributed by atoms with Gasteiger partial charge in [-0.25, -0.2) is 4.98 Å². The maximum absolute atomic E-state index is 5.94. The Labute approximate surface area is 229 Å². The number of hydrogen-bond donors (Lipinski definition) is 1. The fraction of sp³-hybridized carbons (Fsp3) is 0.536. The Morgan fingerprint density at radius 2 is 1.54 bits per heavy atom. The van der Waals surface area contributed by atoms with Gasteiger partial charge in [-0.15, -0.1) is 37.2 Å². The van der Waals surface area contributed by atoms with Crippen LogP contribution in [0.3, 0.4) is 0 Å². The lowest BCUT2D eigenvalue weighted by atomic mass is 9.82. The second-order valence-corrected chi connectivity index (χ2v) is 10.2. The zero-order valence-electron chi connectivity index (χ0n) is 20.8. The summed E-state index contributed by atoms with van der Waals surface area (Å²) in [6, 6.07) is 17.7. The molecule has 0 amide bonds. The number of nitrogens with zero attached hydrogens (tertiary/aromatic N) is 3. The van der Waals surface area contributed by atoms with Gasteiger partial charge in [-0.05, 0) is 56.4 Å². The number of imidazole rings is 1. The minimum absolute atomic E-state index is 0. The van der Waals surface area contributed by atoms with Gasteiger partial charge in [0.1, 0.15) is 5.82 Å². The van der Waals surface area contributed by atoms with E-state index in [0.717, 1.165) is 16.9 Å². The maximum Gasteiger partial charge on any atom is 0.141 e. The molecule has 2 aromatic carbocycles. The normalized spacial score (nSPS) is 19.0. The van der Waals surface area contributed by atoms with Gasteiger partial charge in [-0.3, -0.25) is 4.90 Å². The summed E-state index contributed by atoms with van der Waals surface area (Å²) in [5.41, 5.74) is 11.0. The number of rotatable bonds is 4. The molecule has 1 saturated carbocycles. The van der Waals surface area contributed by atoms with Crippen LogP contribution >= 0.6 is 37.2 Å². The van der Waals surface area contributed by atoms with Crippen molar-refractivity contribution in [2.45, 2.75) is 82.8 Å². The van der Waals surface area contributed by atoms with Crippen molar-refractivity contribution < 1.29 is 0 Å². The van der Waals surface area contributed by atoms with Crippen LogP contribution in [0.15, 0.2) is 48.5 Å². The highest BCUT2D eigenvalue weighted by Gasteiger charge is 2.35. The second-order valence-electron chi connectivity index (χ2n) is 10.2. The standard InChI is InChI=1S/C28H38N4.3ClH/c1-28(16-7-3-2-4-8-17-28)31-18-14-24(15-19-31)32-26-13-6-5-12-25(26)30-27(32)23-11-9-10-22(20-23)21-29;;;/h5-6,9-13,20,24H,2-4,7-8,14-19,21,29H2,1H3;3*1H. The van der Waals surface area contributed by atoms with Crippen LogP contribution < -0.4 is 5.73 Å². The van der Waals surface area contributed by atoms with E-state index < -0.39 is 0 Å². The number of para-hydroxylation sites is 2. The van der Waals surface area contributed by atoms with E-state index in [-0.39, 0.29) is 37.2 Å². The number of nitrogens with two attached hydrogens (primary N) is 1. The molecular formula is C28H41Cl3N4. The summed E-state index contributed by atoms with van der Waals surface area (Å²) in [7, 11) is 0. The molecule has 5 rings (SSSR count). The summed E-state index contributed by atoms with van der Waals surface area (Å²) in [6.07, 6.45) is 12.2. The molecule has 0 radical (unpaired) electrons. The molecule has 0 spiro atoms. The third kappa shape index (κ3) is 6.34. The highest BCUT2D eigenvalue weighted by Crippen LogP contribution is 2.38. The highest BCUT2D eigenvalue weighted by molar-refractivity contribution is 5.86. The summed E-state index contributed by atoms with van der Waals surface area (Å²) >= 11 is 0. The molecule has 7 heteroatoms. The number of benzene rings is 2. The minimum Gasteiger partial charge on any atom is -0.326 e. The van der Waals surface area contributed by atoms with Crippen molar-refractivity contribution in [2.24, 2.45) is 5.73 Å². The predicted octanol–water partition coefficient (Wildman–Crippen LogP) is 7.57. The fourth-order valence-corrected chi connectivity index (χ4v) is 6.10. The van der Waals surface area contributed by atoms with Crippen LogP contribution in [0, 0.1) is 0 Å². The van der Waals surface area contributed by atoms with E-state index in [4.69, 9.17) is 10.7 Å². The summed E-state index contributed by atoms with van der Waals surface area (Å²) < 4.78 is 2.53. The summed E-state index contributed by atoms with van der Waals surface area (Å²) in [5.74, 6) is 1.09. The Bertz CT molecular complexity index is 1050. The molecule has 194 valence electrons. The van der Waals surface area contributed by atoms with Gasteiger partial charge in [0.15, 0.2) is 0 Å². The van der Waals surface area contributed by atoms with Crippen molar-refractivity contribution in [3.05, 3.63) is 54.1 Å². The van der Waals surface area contributed by atoms with Crippen molar-refractivity contribution in [3.8, 4) is 11.4 Å². The molecular weight excluding hydrogens is 499 g/mol. The smallest absolute Gasteiger partial charge is 0.141 e. The lowest BCUT2D eigenvalue weighted by Crippen LogP contribution is -2.50. The number of fused-ring (bicyclic) bond motifs is 1. The fourth-order valence-electron chi connectivity index (χ4n) is 6.10. The van der Waals surface area contributed by atoms with Gasteiger partial charge in [-0.1, -0.05) is 62.4 Å². The van der Waals surface area contributed by atoms with E-state index in [1.165, 1.54) is 82.0 Å². The summed E-state index contributed by atoms with van der Waals surface area (Å²) in [4.78, 5) is 7.91. The first-order valence-corrected chi connectivity index (χ1v) is 12.7. The molecule has 0 unspecified atom stereocenters. The predicted molar refractivity (Wildman–Crippen MR) is 155 cm³/mol. The molecule has 1 aliphatic heterocycles. The largest absolute Gasteiger partial charge is 0.326 e. The van der Waals surface area contributed by atoms with E-state index in [1.807, 2.05) is 0 Å². The van der Waals surface area contributed by atoms with E-state index in [1.54, 1.807) is 0 Å². The zero-order chi connectivity index (χ0) is 22.0. The number of hydrogen-bond acceptors (Lipinski definition) is 3. The Morgan fingerprint density at radius 1 is 0.886 bits per heavy atom. The average Bonchev–Trinajstić information content (AvgIpc) is 3.21. The summed E-state index contributed by atoms with van der Waals surface area (Å²) in [5, 5.41) is 0. The van der Waals surface area contributed by atoms with Gasteiger partial charge < -0.3 is 10.3 Å². The van der Waals surface area contributed by atoms with Crippen LogP contribution in [0.5, 0.6) is 0 Å². The second kappa shape index (κ2) is 13.3. The van der Waals surface area contributed by atoms with Crippen LogP contribution in [0.25, 0.3) is 22.4 Å². The van der Waals surface area contributed by atoms with Crippen molar-refractivity contribution in [1.82, 2.24) is 14.5 Å². The van der Waals surface area contributed by atoms with Crippen LogP contribution in [0.1, 0.15) is 76.3 Å². The van der Waals surface area contributed by atoms with Crippen LogP contribution in [0.2, 0.25) is 0 Å². The van der Waals surface area contributed by atoms with Crippen LogP contribution in [-0.2, 0) is 6.54 Å². The molecule has 2 N–H and O–H groups in total. The van der Waals surface area contributed by atoms with E-state index in [2.05, 4.69) is 64.9 Å². The lowest BCUT2D eigenvalue weighted by Gasteiger charge is -2.46. The molecule has 2 heterocycles. The van der Waals surface area contributed by atoms with E-state index in [9.17, 15) is 0 Å². The molecule has 1 saturated heterocycles. The van der Waals surface area contributed by atoms with E-state index in [0.29, 0.717) is 18.1 Å². The zero-order valence-corrected chi connectivity index (χ0v) is 23.3. The molecule has 1 aliphatic carbocycles. The SMILES string of the molecule is CC1(N2CCC(n3c(-c4cccc(CN)c4)nc4ccccc43)CC2)CCCCCCC1.Cl.Cl.Cl. The van der Waals surface area contributed by atoms with Gasteiger partial charge in [0.25, 0.3) is 0 Å². The first-order valence-electron chi connectivity index (χ1n) is 12.7. The molecule has 3 aromatic rings. The number of piperidine rings is 1. The van der Waals surface area contributed by atoms with Crippen molar-refractivity contribution >= 4 is 48.3 Å². The number of aromatic nitrogens is 2. The third-order valence-electron chi connectivity index (χ3n) is 8.04. The lowest BCUT2D eigenvalue weighted by molar-refractivity contribution is 0.0443. The highest BCUT2D eigenvalue weighted by atomic mass is 35.5. The summed E-state index contributed by atoms with van der Waals surface area (Å²) in [6.45, 7) is 5.48. The molecule has 2 fully saturated rings. The van der Waals surface area contributed by atoms with Gasteiger partial charge in [0.05, 0.1) is 11.0 Å². The van der Waals surface area contributed by atoms with Crippen molar-refractivity contribution in [2.75, 3.05) is 13.1 Å². The first-order chi connectivity index (χ1) is 15.7. The van der Waals surface area contributed by atoms with Crippen LogP contribution in [0.4, 0.5) is 0 Å². The Kier molecular flexibility index (Phi) is 11.4. The number of likely N-dealkylation sites (tertiary alicyclic amines) is 1. The van der Waals surface area contributed by atoms with E-state index >= 15 is 0 Å². The third-order valence-corrected chi connectivity index (χ3v) is 8.04. The Morgan fingerprint density at radius 3 is 2.23 bits per heavy atom. The average molecular weight is 540 g/mol. The first kappa shape index (κ1) is 29.9. The number of halogens is 3. The maximum atomic E-state index is 5.94. The molecule has 2 aliphatic rings. The van der Waals surface area contributed by atoms with Gasteiger partial charge in [-0.2, -0.15) is 0 Å². The Hall–Kier alpha value is -1.30. The Balaban J connectivity index is 0.00000144. The monoisotopic (exact) mass is 538 g/mol. The molecule has 0 bridgehead atoms. The van der Waals surface area contributed by atoms with Gasteiger partial charge >= 0.3 is 0 Å². The molecule has 0 atom stereocenters. The molecule has 1 aromatic heterocycles. The van der Waals surface area contributed by atoms with Gasteiger partial charge in [0.2, 0.25) is 0 Å². The topological polar surface area (TPSA) is 47.1 Å². The van der Waals surface area contributed by atoms with Gasteiger partial charge in [0, 0.05) is 36.8 Å².